The van der Waals surface area contributed by atoms with Gasteiger partial charge in [0, 0.05) is 11.1 Å². The SMILES string of the molecule is CCCCC/C(C(=O)OC)=C(\CCCC)C(=O)OC. The van der Waals surface area contributed by atoms with Crippen LogP contribution in [0.25, 0.3) is 0 Å². The van der Waals surface area contributed by atoms with Gasteiger partial charge in [-0.1, -0.05) is 33.1 Å². The molecular formula is C15H26O4. The first kappa shape index (κ1) is 17.7. The highest BCUT2D eigenvalue weighted by molar-refractivity contribution is 6.00. The summed E-state index contributed by atoms with van der Waals surface area (Å²) in [6, 6.07) is 0. The van der Waals surface area contributed by atoms with Crippen molar-refractivity contribution < 1.29 is 19.1 Å². The number of rotatable bonds is 9. The van der Waals surface area contributed by atoms with Gasteiger partial charge in [-0.15, -0.1) is 0 Å². The highest BCUT2D eigenvalue weighted by Gasteiger charge is 2.21. The minimum Gasteiger partial charge on any atom is -0.466 e. The van der Waals surface area contributed by atoms with Crippen molar-refractivity contribution in [3.8, 4) is 0 Å². The topological polar surface area (TPSA) is 52.6 Å². The lowest BCUT2D eigenvalue weighted by Gasteiger charge is -2.12. The highest BCUT2D eigenvalue weighted by atomic mass is 16.5. The Balaban J connectivity index is 5.16. The Morgan fingerprint density at radius 2 is 1.16 bits per heavy atom. The van der Waals surface area contributed by atoms with Crippen LogP contribution in [-0.4, -0.2) is 26.2 Å². The standard InChI is InChI=1S/C15H26O4/c1-5-7-9-11-13(15(17)19-4)12(10-8-6-2)14(16)18-3/h5-11H2,1-4H3/b13-12-. The molecular weight excluding hydrogens is 244 g/mol. The van der Waals surface area contributed by atoms with E-state index < -0.39 is 11.9 Å². The van der Waals surface area contributed by atoms with E-state index in [4.69, 9.17) is 9.47 Å². The molecule has 0 saturated heterocycles. The van der Waals surface area contributed by atoms with Crippen molar-refractivity contribution in [2.75, 3.05) is 14.2 Å². The minimum absolute atomic E-state index is 0.410. The summed E-state index contributed by atoms with van der Waals surface area (Å²) < 4.78 is 9.58. The molecule has 0 radical (unpaired) electrons. The third-order valence-corrected chi connectivity index (χ3v) is 3.04. The molecule has 0 aromatic carbocycles. The van der Waals surface area contributed by atoms with Crippen molar-refractivity contribution in [1.29, 1.82) is 0 Å². The number of ether oxygens (including phenoxy) is 2. The van der Waals surface area contributed by atoms with Gasteiger partial charge < -0.3 is 9.47 Å². The predicted molar refractivity (Wildman–Crippen MR) is 74.7 cm³/mol. The lowest BCUT2D eigenvalue weighted by atomic mass is 9.97. The summed E-state index contributed by atoms with van der Waals surface area (Å²) in [6.45, 7) is 4.14. The molecule has 4 heteroatoms. The first-order valence-electron chi connectivity index (χ1n) is 7.00. The third-order valence-electron chi connectivity index (χ3n) is 3.04. The van der Waals surface area contributed by atoms with Crippen LogP contribution in [0.3, 0.4) is 0 Å². The van der Waals surface area contributed by atoms with Crippen LogP contribution in [0.4, 0.5) is 0 Å². The molecule has 0 bridgehead atoms. The highest BCUT2D eigenvalue weighted by Crippen LogP contribution is 2.21. The molecule has 0 aliphatic carbocycles. The van der Waals surface area contributed by atoms with Crippen molar-refractivity contribution in [2.24, 2.45) is 0 Å². The predicted octanol–water partition coefficient (Wildman–Crippen LogP) is 3.40. The maximum absolute atomic E-state index is 11.8. The molecule has 0 rings (SSSR count). The Labute approximate surface area is 116 Å². The lowest BCUT2D eigenvalue weighted by molar-refractivity contribution is -0.139. The van der Waals surface area contributed by atoms with Gasteiger partial charge >= 0.3 is 11.9 Å². The molecule has 4 nitrogen and oxygen atoms in total. The first-order chi connectivity index (χ1) is 9.12. The summed E-state index contributed by atoms with van der Waals surface area (Å²) >= 11 is 0. The summed E-state index contributed by atoms with van der Waals surface area (Å²) in [6.07, 6.45) is 5.95. The Morgan fingerprint density at radius 3 is 1.53 bits per heavy atom. The van der Waals surface area contributed by atoms with Gasteiger partial charge in [0.05, 0.1) is 14.2 Å². The van der Waals surface area contributed by atoms with E-state index in [1.54, 1.807) is 0 Å². The average molecular weight is 270 g/mol. The van der Waals surface area contributed by atoms with E-state index in [2.05, 4.69) is 6.92 Å². The quantitative estimate of drug-likeness (QED) is 0.366. The van der Waals surface area contributed by atoms with Gasteiger partial charge in [0.1, 0.15) is 0 Å². The van der Waals surface area contributed by atoms with Crippen LogP contribution in [-0.2, 0) is 19.1 Å². The molecule has 0 fully saturated rings. The molecule has 0 aromatic heterocycles. The van der Waals surface area contributed by atoms with Crippen LogP contribution in [0, 0.1) is 0 Å². The summed E-state index contributed by atoms with van der Waals surface area (Å²) in [5, 5.41) is 0. The fraction of sp³-hybridized carbons (Fsp3) is 0.733. The molecule has 0 N–H and O–H groups in total. The monoisotopic (exact) mass is 270 g/mol. The Kier molecular flexibility index (Phi) is 9.85. The van der Waals surface area contributed by atoms with E-state index in [0.717, 1.165) is 32.1 Å². The number of hydrogen-bond donors (Lipinski definition) is 0. The van der Waals surface area contributed by atoms with Gasteiger partial charge in [-0.2, -0.15) is 0 Å². The van der Waals surface area contributed by atoms with Gasteiger partial charge in [0.2, 0.25) is 0 Å². The summed E-state index contributed by atoms with van der Waals surface area (Å²) in [4.78, 5) is 23.7. The maximum Gasteiger partial charge on any atom is 0.334 e. The zero-order valence-electron chi connectivity index (χ0n) is 12.6. The molecule has 0 aliphatic rings. The zero-order chi connectivity index (χ0) is 14.7. The van der Waals surface area contributed by atoms with E-state index in [1.165, 1.54) is 14.2 Å². The molecule has 0 spiro atoms. The maximum atomic E-state index is 11.8. The van der Waals surface area contributed by atoms with Crippen LogP contribution in [0.2, 0.25) is 0 Å². The zero-order valence-corrected chi connectivity index (χ0v) is 12.6. The largest absolute Gasteiger partial charge is 0.466 e. The minimum atomic E-state index is -0.412. The Hall–Kier alpha value is -1.32. The Bertz CT molecular complexity index is 318. The summed E-state index contributed by atoms with van der Waals surface area (Å²) in [5.41, 5.74) is 0.962. The van der Waals surface area contributed by atoms with E-state index in [0.29, 0.717) is 24.0 Å². The second-order valence-electron chi connectivity index (χ2n) is 4.50. The molecule has 110 valence electrons. The molecule has 0 atom stereocenters. The van der Waals surface area contributed by atoms with E-state index in [-0.39, 0.29) is 0 Å². The number of esters is 2. The second-order valence-corrected chi connectivity index (χ2v) is 4.50. The molecule has 19 heavy (non-hydrogen) atoms. The number of carbonyl (C=O) groups excluding carboxylic acids is 2. The molecule has 0 aliphatic heterocycles. The average Bonchev–Trinajstić information content (AvgIpc) is 2.44. The normalized spacial score (nSPS) is 11.8. The molecule has 0 heterocycles. The summed E-state index contributed by atoms with van der Waals surface area (Å²) in [7, 11) is 2.69. The van der Waals surface area contributed by atoms with Gasteiger partial charge in [-0.05, 0) is 25.7 Å². The molecule has 0 amide bonds. The van der Waals surface area contributed by atoms with Crippen molar-refractivity contribution in [2.45, 2.75) is 58.8 Å². The van der Waals surface area contributed by atoms with Crippen LogP contribution in [0.5, 0.6) is 0 Å². The number of methoxy groups -OCH3 is 2. The number of unbranched alkanes of at least 4 members (excludes halogenated alkanes) is 3. The van der Waals surface area contributed by atoms with Crippen molar-refractivity contribution in [3.05, 3.63) is 11.1 Å². The van der Waals surface area contributed by atoms with E-state index >= 15 is 0 Å². The number of hydrogen-bond acceptors (Lipinski definition) is 4. The summed E-state index contributed by atoms with van der Waals surface area (Å²) in [5.74, 6) is -0.821. The number of carbonyl (C=O) groups is 2. The third kappa shape index (κ3) is 6.41. The van der Waals surface area contributed by atoms with Crippen LogP contribution in [0.1, 0.15) is 58.8 Å². The smallest absolute Gasteiger partial charge is 0.334 e. The van der Waals surface area contributed by atoms with Crippen molar-refractivity contribution in [1.82, 2.24) is 0 Å². The molecule has 0 saturated carbocycles. The van der Waals surface area contributed by atoms with Gasteiger partial charge in [0.25, 0.3) is 0 Å². The molecule has 0 aromatic rings. The van der Waals surface area contributed by atoms with Crippen molar-refractivity contribution in [3.63, 3.8) is 0 Å². The second kappa shape index (κ2) is 10.6. The van der Waals surface area contributed by atoms with Gasteiger partial charge in [-0.3, -0.25) is 0 Å². The van der Waals surface area contributed by atoms with Crippen LogP contribution in [0.15, 0.2) is 11.1 Å². The fourth-order valence-electron chi connectivity index (χ4n) is 1.90. The Morgan fingerprint density at radius 1 is 0.737 bits per heavy atom. The van der Waals surface area contributed by atoms with Crippen LogP contribution >= 0.6 is 0 Å². The van der Waals surface area contributed by atoms with Crippen molar-refractivity contribution >= 4 is 11.9 Å². The first-order valence-corrected chi connectivity index (χ1v) is 7.00. The van der Waals surface area contributed by atoms with Crippen LogP contribution < -0.4 is 0 Å². The fourth-order valence-corrected chi connectivity index (χ4v) is 1.90. The van der Waals surface area contributed by atoms with E-state index in [9.17, 15) is 9.59 Å². The van der Waals surface area contributed by atoms with Gasteiger partial charge in [-0.25, -0.2) is 9.59 Å². The lowest BCUT2D eigenvalue weighted by Crippen LogP contribution is -2.15. The van der Waals surface area contributed by atoms with Gasteiger partial charge in [0.15, 0.2) is 0 Å². The van der Waals surface area contributed by atoms with E-state index in [1.807, 2.05) is 6.92 Å². The molecule has 0 unspecified atom stereocenters.